The van der Waals surface area contributed by atoms with Crippen molar-refractivity contribution in [3.05, 3.63) is 58.7 Å². The van der Waals surface area contributed by atoms with Gasteiger partial charge in [0.25, 0.3) is 11.5 Å². The second-order valence-corrected chi connectivity index (χ2v) is 5.57. The van der Waals surface area contributed by atoms with Crippen molar-refractivity contribution in [3.63, 3.8) is 0 Å². The highest BCUT2D eigenvalue weighted by Gasteiger charge is 2.17. The Morgan fingerprint density at radius 2 is 2.12 bits per heavy atom. The molecule has 0 spiro atoms. The number of carbonyl (C=O) groups is 1. The number of hydrogen-bond donors (Lipinski definition) is 2. The average molecular weight is 324 g/mol. The van der Waals surface area contributed by atoms with Gasteiger partial charge < -0.3 is 5.73 Å². The fourth-order valence-corrected chi connectivity index (χ4v) is 2.41. The molecule has 0 aliphatic heterocycles. The van der Waals surface area contributed by atoms with Crippen molar-refractivity contribution < 1.29 is 4.79 Å². The van der Waals surface area contributed by atoms with E-state index in [4.69, 9.17) is 5.73 Å². The Balaban J connectivity index is 2.20. The third-order valence-electron chi connectivity index (χ3n) is 3.56. The predicted octanol–water partition coefficient (Wildman–Crippen LogP) is 1.24. The van der Waals surface area contributed by atoms with E-state index in [-0.39, 0.29) is 17.2 Å². The van der Waals surface area contributed by atoms with Crippen molar-refractivity contribution in [3.8, 4) is 17.2 Å². The van der Waals surface area contributed by atoms with Crippen LogP contribution in [0.4, 0.5) is 0 Å². The Hall–Kier alpha value is -3.29. The Bertz CT molecular complexity index is 926. The molecule has 3 rings (SSSR count). The van der Waals surface area contributed by atoms with Crippen LogP contribution in [0.3, 0.4) is 0 Å². The van der Waals surface area contributed by atoms with Gasteiger partial charge in [0.2, 0.25) is 5.95 Å². The van der Waals surface area contributed by atoms with E-state index in [0.29, 0.717) is 22.8 Å². The summed E-state index contributed by atoms with van der Waals surface area (Å²) in [7, 11) is 0. The zero-order chi connectivity index (χ0) is 17.3. The van der Waals surface area contributed by atoms with Crippen molar-refractivity contribution >= 4 is 5.91 Å². The molecule has 0 bridgehead atoms. The molecule has 122 valence electrons. The molecule has 0 saturated carbocycles. The van der Waals surface area contributed by atoms with Crippen LogP contribution in [0.5, 0.6) is 0 Å². The summed E-state index contributed by atoms with van der Waals surface area (Å²) >= 11 is 0. The van der Waals surface area contributed by atoms with E-state index in [2.05, 4.69) is 19.9 Å². The van der Waals surface area contributed by atoms with E-state index in [1.807, 2.05) is 13.8 Å². The van der Waals surface area contributed by atoms with Crippen molar-refractivity contribution in [2.45, 2.75) is 19.8 Å². The number of amides is 1. The highest BCUT2D eigenvalue weighted by Crippen LogP contribution is 2.24. The molecule has 0 aliphatic carbocycles. The van der Waals surface area contributed by atoms with Crippen molar-refractivity contribution in [1.29, 1.82) is 0 Å². The Morgan fingerprint density at radius 3 is 2.67 bits per heavy atom. The third kappa shape index (κ3) is 2.81. The summed E-state index contributed by atoms with van der Waals surface area (Å²) in [6.45, 7) is 3.83. The first kappa shape index (κ1) is 15.6. The van der Waals surface area contributed by atoms with Gasteiger partial charge in [-0.3, -0.25) is 24.1 Å². The van der Waals surface area contributed by atoms with E-state index in [0.717, 1.165) is 0 Å². The van der Waals surface area contributed by atoms with E-state index < -0.39 is 5.91 Å². The Kier molecular flexibility index (Phi) is 3.95. The molecule has 1 amide bonds. The van der Waals surface area contributed by atoms with Gasteiger partial charge >= 0.3 is 0 Å². The van der Waals surface area contributed by atoms with E-state index >= 15 is 0 Å². The second-order valence-electron chi connectivity index (χ2n) is 5.57. The molecule has 24 heavy (non-hydrogen) atoms. The highest BCUT2D eigenvalue weighted by molar-refractivity contribution is 5.91. The molecule has 3 aromatic rings. The van der Waals surface area contributed by atoms with Crippen molar-refractivity contribution in [2.24, 2.45) is 5.73 Å². The third-order valence-corrected chi connectivity index (χ3v) is 3.56. The number of nitrogens with one attached hydrogen (secondary N) is 1. The molecule has 3 heterocycles. The van der Waals surface area contributed by atoms with Gasteiger partial charge in [-0.1, -0.05) is 13.8 Å². The van der Waals surface area contributed by atoms with Gasteiger partial charge in [0, 0.05) is 29.7 Å². The van der Waals surface area contributed by atoms with Gasteiger partial charge in [-0.05, 0) is 18.1 Å². The summed E-state index contributed by atoms with van der Waals surface area (Å²) < 4.78 is 1.61. The monoisotopic (exact) mass is 324 g/mol. The first-order chi connectivity index (χ1) is 11.5. The normalized spacial score (nSPS) is 11.0. The molecule has 8 nitrogen and oxygen atoms in total. The smallest absolute Gasteiger partial charge is 0.267 e. The fraction of sp³-hybridized carbons (Fsp3) is 0.188. The number of carbonyl (C=O) groups excluding carboxylic acids is 1. The van der Waals surface area contributed by atoms with Crippen LogP contribution in [0.15, 0.2) is 41.8 Å². The van der Waals surface area contributed by atoms with Gasteiger partial charge in [-0.25, -0.2) is 9.97 Å². The maximum absolute atomic E-state index is 12.5. The van der Waals surface area contributed by atoms with Gasteiger partial charge in [-0.2, -0.15) is 0 Å². The molecule has 0 atom stereocenters. The van der Waals surface area contributed by atoms with Crippen LogP contribution in [0.2, 0.25) is 0 Å². The summed E-state index contributed by atoms with van der Waals surface area (Å²) in [5.74, 6) is -0.289. The molecule has 0 unspecified atom stereocenters. The number of hydrogen-bond acceptors (Lipinski definition) is 5. The molecular weight excluding hydrogens is 308 g/mol. The van der Waals surface area contributed by atoms with Crippen LogP contribution in [0, 0.1) is 0 Å². The quantitative estimate of drug-likeness (QED) is 0.748. The topological polar surface area (TPSA) is 120 Å². The Morgan fingerprint density at radius 1 is 1.33 bits per heavy atom. The molecule has 0 aliphatic rings. The number of imidazole rings is 1. The number of nitrogens with zero attached hydrogens (tertiary/aromatic N) is 4. The van der Waals surface area contributed by atoms with Crippen molar-refractivity contribution in [2.75, 3.05) is 0 Å². The SMILES string of the molecule is CC(C)c1c(-c2ccc(C(N)=O)nc2)nc(-n2ccnc2)[nH]c1=O. The molecule has 3 N–H and O–H groups in total. The van der Waals surface area contributed by atoms with E-state index in [1.165, 1.54) is 12.3 Å². The minimum atomic E-state index is -0.608. The van der Waals surface area contributed by atoms with Crippen LogP contribution in [0.25, 0.3) is 17.2 Å². The predicted molar refractivity (Wildman–Crippen MR) is 87.8 cm³/mol. The number of nitrogens with two attached hydrogens (primary N) is 1. The molecule has 0 saturated heterocycles. The molecule has 8 heteroatoms. The number of primary amides is 1. The second kappa shape index (κ2) is 6.07. The minimum Gasteiger partial charge on any atom is -0.364 e. The summed E-state index contributed by atoms with van der Waals surface area (Å²) in [5.41, 5.74) is 6.84. The molecule has 0 aromatic carbocycles. The largest absolute Gasteiger partial charge is 0.364 e. The first-order valence-electron chi connectivity index (χ1n) is 7.36. The lowest BCUT2D eigenvalue weighted by molar-refractivity contribution is 0.0995. The van der Waals surface area contributed by atoms with E-state index in [1.54, 1.807) is 29.4 Å². The first-order valence-corrected chi connectivity index (χ1v) is 7.36. The maximum Gasteiger partial charge on any atom is 0.267 e. The number of H-pyrrole nitrogens is 1. The highest BCUT2D eigenvalue weighted by atomic mass is 16.1. The summed E-state index contributed by atoms with van der Waals surface area (Å²) in [5, 5.41) is 0. The number of rotatable bonds is 4. The minimum absolute atomic E-state index is 0.0381. The molecule has 0 radical (unpaired) electrons. The van der Waals surface area contributed by atoms with Crippen LogP contribution in [-0.2, 0) is 0 Å². The molecule has 0 fully saturated rings. The summed E-state index contributed by atoms with van der Waals surface area (Å²) in [6.07, 6.45) is 6.32. The fourth-order valence-electron chi connectivity index (χ4n) is 2.41. The lowest BCUT2D eigenvalue weighted by atomic mass is 9.99. The summed E-state index contributed by atoms with van der Waals surface area (Å²) in [6, 6.07) is 3.19. The average Bonchev–Trinajstić information content (AvgIpc) is 3.08. The van der Waals surface area contributed by atoms with Crippen LogP contribution in [0.1, 0.15) is 35.8 Å². The van der Waals surface area contributed by atoms with E-state index in [9.17, 15) is 9.59 Å². The maximum atomic E-state index is 12.5. The Labute approximate surface area is 137 Å². The number of pyridine rings is 1. The number of aromatic nitrogens is 5. The molecular formula is C16H16N6O2. The van der Waals surface area contributed by atoms with Crippen LogP contribution < -0.4 is 11.3 Å². The lowest BCUT2D eigenvalue weighted by Gasteiger charge is -2.13. The molecule has 3 aromatic heterocycles. The van der Waals surface area contributed by atoms with Gasteiger partial charge in [-0.15, -0.1) is 0 Å². The van der Waals surface area contributed by atoms with Gasteiger partial charge in [0.15, 0.2) is 0 Å². The standard InChI is InChI=1S/C16H16N6O2/c1-9(2)12-13(10-3-4-11(14(17)23)19-7-10)20-16(21-15(12)24)22-6-5-18-8-22/h3-9H,1-2H3,(H2,17,23)(H,20,21,24). The summed E-state index contributed by atoms with van der Waals surface area (Å²) in [4.78, 5) is 39.0. The lowest BCUT2D eigenvalue weighted by Crippen LogP contribution is -2.20. The van der Waals surface area contributed by atoms with Crippen LogP contribution >= 0.6 is 0 Å². The van der Waals surface area contributed by atoms with Gasteiger partial charge in [0.1, 0.15) is 12.0 Å². The zero-order valence-corrected chi connectivity index (χ0v) is 13.2. The van der Waals surface area contributed by atoms with Crippen LogP contribution in [-0.4, -0.2) is 30.4 Å². The van der Waals surface area contributed by atoms with Crippen molar-refractivity contribution in [1.82, 2.24) is 24.5 Å². The van der Waals surface area contributed by atoms with Gasteiger partial charge in [0.05, 0.1) is 5.69 Å². The number of aromatic amines is 1. The zero-order valence-electron chi connectivity index (χ0n) is 13.2.